The quantitative estimate of drug-likeness (QED) is 0.904. The standard InChI is InChI=1S/C12H21ClN4S/c1-9(2)17(7-10-5-3-4-6-14-10)8-11-12(13)18-16-15-11/h9-10,14H,3-8H2,1-2H3. The molecule has 1 saturated heterocycles. The predicted octanol–water partition coefficient (Wildman–Crippen LogP) is 2.54. The highest BCUT2D eigenvalue weighted by atomic mass is 35.5. The number of nitrogens with zero attached hydrogens (tertiary/aromatic N) is 3. The van der Waals surface area contributed by atoms with Crippen LogP contribution in [0.2, 0.25) is 4.34 Å². The zero-order valence-corrected chi connectivity index (χ0v) is 12.6. The van der Waals surface area contributed by atoms with E-state index in [4.69, 9.17) is 11.6 Å². The van der Waals surface area contributed by atoms with Crippen LogP contribution in [0.25, 0.3) is 0 Å². The van der Waals surface area contributed by atoms with Crippen molar-refractivity contribution in [3.05, 3.63) is 10.0 Å². The van der Waals surface area contributed by atoms with Crippen molar-refractivity contribution in [2.45, 2.75) is 51.7 Å². The molecule has 0 aromatic carbocycles. The number of hydrogen-bond donors (Lipinski definition) is 1. The Balaban J connectivity index is 1.93. The lowest BCUT2D eigenvalue weighted by atomic mass is 10.0. The van der Waals surface area contributed by atoms with Crippen molar-refractivity contribution < 1.29 is 0 Å². The fourth-order valence-electron chi connectivity index (χ4n) is 2.30. The first-order valence-corrected chi connectivity index (χ1v) is 7.76. The maximum absolute atomic E-state index is 6.08. The third-order valence-electron chi connectivity index (χ3n) is 3.46. The number of piperidine rings is 1. The minimum atomic E-state index is 0.492. The van der Waals surface area contributed by atoms with Crippen LogP contribution in [0.15, 0.2) is 0 Å². The van der Waals surface area contributed by atoms with Gasteiger partial charge in [0.15, 0.2) is 0 Å². The second-order valence-electron chi connectivity index (χ2n) is 5.16. The third kappa shape index (κ3) is 3.88. The molecule has 18 heavy (non-hydrogen) atoms. The molecule has 4 nitrogen and oxygen atoms in total. The Morgan fingerprint density at radius 2 is 2.33 bits per heavy atom. The van der Waals surface area contributed by atoms with Gasteiger partial charge in [-0.2, -0.15) is 0 Å². The molecule has 1 aromatic heterocycles. The molecular formula is C12H21ClN4S. The second-order valence-corrected chi connectivity index (χ2v) is 6.52. The minimum absolute atomic E-state index is 0.492. The number of aromatic nitrogens is 2. The molecule has 0 radical (unpaired) electrons. The molecule has 0 spiro atoms. The third-order valence-corrected chi connectivity index (χ3v) is 4.44. The largest absolute Gasteiger partial charge is 0.313 e. The molecule has 1 unspecified atom stereocenters. The lowest BCUT2D eigenvalue weighted by Crippen LogP contribution is -2.45. The van der Waals surface area contributed by atoms with Gasteiger partial charge in [-0.1, -0.05) is 22.5 Å². The molecule has 1 atom stereocenters. The average molecular weight is 289 g/mol. The van der Waals surface area contributed by atoms with E-state index in [0.717, 1.165) is 29.7 Å². The van der Waals surface area contributed by atoms with Gasteiger partial charge < -0.3 is 5.32 Å². The zero-order chi connectivity index (χ0) is 13.0. The minimum Gasteiger partial charge on any atom is -0.313 e. The van der Waals surface area contributed by atoms with E-state index in [-0.39, 0.29) is 0 Å². The van der Waals surface area contributed by atoms with Crippen molar-refractivity contribution in [1.82, 2.24) is 19.8 Å². The summed E-state index contributed by atoms with van der Waals surface area (Å²) < 4.78 is 4.62. The summed E-state index contributed by atoms with van der Waals surface area (Å²) in [4.78, 5) is 2.42. The first kappa shape index (κ1) is 14.2. The van der Waals surface area contributed by atoms with Gasteiger partial charge in [0.2, 0.25) is 0 Å². The van der Waals surface area contributed by atoms with Gasteiger partial charge in [-0.15, -0.1) is 5.10 Å². The van der Waals surface area contributed by atoms with Crippen LogP contribution in [0.5, 0.6) is 0 Å². The van der Waals surface area contributed by atoms with Gasteiger partial charge in [0.1, 0.15) is 10.0 Å². The highest BCUT2D eigenvalue weighted by Crippen LogP contribution is 2.20. The smallest absolute Gasteiger partial charge is 0.138 e. The van der Waals surface area contributed by atoms with Crippen LogP contribution in [0, 0.1) is 0 Å². The fourth-order valence-corrected chi connectivity index (χ4v) is 2.92. The van der Waals surface area contributed by atoms with Gasteiger partial charge in [0, 0.05) is 36.7 Å². The van der Waals surface area contributed by atoms with Crippen molar-refractivity contribution in [1.29, 1.82) is 0 Å². The van der Waals surface area contributed by atoms with Crippen molar-refractivity contribution in [3.63, 3.8) is 0 Å². The second kappa shape index (κ2) is 6.80. The van der Waals surface area contributed by atoms with Crippen molar-refractivity contribution in [2.24, 2.45) is 0 Å². The SMILES string of the molecule is CC(C)N(Cc1nnsc1Cl)CC1CCCCN1. The van der Waals surface area contributed by atoms with Gasteiger partial charge in [-0.25, -0.2) is 0 Å². The summed E-state index contributed by atoms with van der Waals surface area (Å²) >= 11 is 7.35. The summed E-state index contributed by atoms with van der Waals surface area (Å²) in [6.07, 6.45) is 3.91. The average Bonchev–Trinajstić information content (AvgIpc) is 2.75. The number of nitrogens with one attached hydrogen (secondary N) is 1. The summed E-state index contributed by atoms with van der Waals surface area (Å²) in [7, 11) is 0. The van der Waals surface area contributed by atoms with Crippen LogP contribution in [-0.2, 0) is 6.54 Å². The van der Waals surface area contributed by atoms with E-state index in [9.17, 15) is 0 Å². The lowest BCUT2D eigenvalue weighted by Gasteiger charge is -2.32. The molecule has 1 aliphatic heterocycles. The highest BCUT2D eigenvalue weighted by molar-refractivity contribution is 7.10. The van der Waals surface area contributed by atoms with Crippen molar-refractivity contribution in [3.8, 4) is 0 Å². The van der Waals surface area contributed by atoms with E-state index < -0.39 is 0 Å². The molecule has 1 aliphatic rings. The first-order chi connectivity index (χ1) is 8.66. The molecular weight excluding hydrogens is 268 g/mol. The molecule has 6 heteroatoms. The van der Waals surface area contributed by atoms with Crippen molar-refractivity contribution in [2.75, 3.05) is 13.1 Å². The molecule has 0 amide bonds. The Bertz CT molecular complexity index is 363. The van der Waals surface area contributed by atoms with Gasteiger partial charge >= 0.3 is 0 Å². The normalized spacial score (nSPS) is 20.8. The zero-order valence-electron chi connectivity index (χ0n) is 11.0. The van der Waals surface area contributed by atoms with Crippen LogP contribution in [-0.4, -0.2) is 39.7 Å². The number of rotatable bonds is 5. The topological polar surface area (TPSA) is 41.1 Å². The summed E-state index contributed by atoms with van der Waals surface area (Å²) in [6, 6.07) is 1.10. The molecule has 0 bridgehead atoms. The highest BCUT2D eigenvalue weighted by Gasteiger charge is 2.20. The molecule has 0 saturated carbocycles. The Hall–Kier alpha value is -0.230. The van der Waals surface area contributed by atoms with Crippen LogP contribution >= 0.6 is 23.1 Å². The van der Waals surface area contributed by atoms with E-state index in [2.05, 4.69) is 33.7 Å². The van der Waals surface area contributed by atoms with E-state index >= 15 is 0 Å². The van der Waals surface area contributed by atoms with Gasteiger partial charge in [-0.3, -0.25) is 4.90 Å². The Kier molecular flexibility index (Phi) is 5.36. The first-order valence-electron chi connectivity index (χ1n) is 6.61. The number of halogens is 1. The molecule has 1 aromatic rings. The number of hydrogen-bond acceptors (Lipinski definition) is 5. The Labute approximate surface area is 118 Å². The summed E-state index contributed by atoms with van der Waals surface area (Å²) in [6.45, 7) is 7.44. The fraction of sp³-hybridized carbons (Fsp3) is 0.833. The molecule has 102 valence electrons. The molecule has 1 fully saturated rings. The van der Waals surface area contributed by atoms with E-state index in [0.29, 0.717) is 12.1 Å². The van der Waals surface area contributed by atoms with Crippen LogP contribution in [0.3, 0.4) is 0 Å². The van der Waals surface area contributed by atoms with Gasteiger partial charge in [0.25, 0.3) is 0 Å². The monoisotopic (exact) mass is 288 g/mol. The van der Waals surface area contributed by atoms with E-state index in [1.165, 1.54) is 30.8 Å². The summed E-state index contributed by atoms with van der Waals surface area (Å²) in [5.41, 5.74) is 0.908. The molecule has 2 heterocycles. The summed E-state index contributed by atoms with van der Waals surface area (Å²) in [5.74, 6) is 0. The maximum atomic E-state index is 6.08. The molecule has 2 rings (SSSR count). The van der Waals surface area contributed by atoms with Crippen molar-refractivity contribution >= 4 is 23.1 Å². The lowest BCUT2D eigenvalue weighted by molar-refractivity contribution is 0.175. The van der Waals surface area contributed by atoms with Gasteiger partial charge in [0.05, 0.1) is 0 Å². The Morgan fingerprint density at radius 1 is 1.50 bits per heavy atom. The van der Waals surface area contributed by atoms with E-state index in [1.807, 2.05) is 0 Å². The van der Waals surface area contributed by atoms with E-state index in [1.54, 1.807) is 0 Å². The Morgan fingerprint density at radius 3 is 2.89 bits per heavy atom. The molecule has 0 aliphatic carbocycles. The summed E-state index contributed by atoms with van der Waals surface area (Å²) in [5, 5.41) is 7.70. The van der Waals surface area contributed by atoms with Crippen LogP contribution in [0.1, 0.15) is 38.8 Å². The van der Waals surface area contributed by atoms with Crippen LogP contribution in [0.4, 0.5) is 0 Å². The predicted molar refractivity (Wildman–Crippen MR) is 76.1 cm³/mol. The van der Waals surface area contributed by atoms with Crippen LogP contribution < -0.4 is 5.32 Å². The molecule has 1 N–H and O–H groups in total. The van der Waals surface area contributed by atoms with Gasteiger partial charge in [-0.05, 0) is 33.2 Å². The maximum Gasteiger partial charge on any atom is 0.138 e.